The Morgan fingerprint density at radius 1 is 1.10 bits per heavy atom. The maximum Gasteiger partial charge on any atom is 0.169 e. The first-order valence-electron chi connectivity index (χ1n) is 7.82. The minimum absolute atomic E-state index is 0.460. The quantitative estimate of drug-likeness (QED) is 0.885. The Kier molecular flexibility index (Phi) is 3.15. The van der Waals surface area contributed by atoms with Crippen LogP contribution in [0.3, 0.4) is 0 Å². The number of rotatable bonds is 2. The standard InChI is InChI=1S/C16H21N5/c17-15-16(20-14-6-2-1-5-13(14)19-15)18-11-7-9-21-8-3-4-12(21)10-11/h1-2,5-6,11-12H,3-4,7-10H2,(H2,17,19)(H,18,20). The van der Waals surface area contributed by atoms with Crippen LogP contribution in [0.5, 0.6) is 0 Å². The van der Waals surface area contributed by atoms with Gasteiger partial charge in [-0.05, 0) is 44.4 Å². The van der Waals surface area contributed by atoms with Crippen LogP contribution in [-0.4, -0.2) is 40.0 Å². The molecule has 1 aromatic heterocycles. The molecule has 3 N–H and O–H groups in total. The van der Waals surface area contributed by atoms with Crippen molar-refractivity contribution in [3.63, 3.8) is 0 Å². The number of hydrogen-bond donors (Lipinski definition) is 2. The zero-order valence-corrected chi connectivity index (χ0v) is 12.1. The summed E-state index contributed by atoms with van der Waals surface area (Å²) in [5, 5.41) is 3.53. The van der Waals surface area contributed by atoms with Crippen LogP contribution < -0.4 is 11.1 Å². The lowest BCUT2D eigenvalue weighted by molar-refractivity contribution is 0.188. The highest BCUT2D eigenvalue weighted by atomic mass is 15.2. The third kappa shape index (κ3) is 2.42. The third-order valence-electron chi connectivity index (χ3n) is 4.76. The first-order valence-corrected chi connectivity index (χ1v) is 7.82. The normalized spacial score (nSPS) is 25.9. The van der Waals surface area contributed by atoms with Crippen molar-refractivity contribution in [3.8, 4) is 0 Å². The van der Waals surface area contributed by atoms with Gasteiger partial charge < -0.3 is 16.0 Å². The SMILES string of the molecule is Nc1nc2ccccc2nc1NC1CCN2CCCC2C1. The minimum Gasteiger partial charge on any atom is -0.381 e. The molecule has 5 heteroatoms. The van der Waals surface area contributed by atoms with Crippen molar-refractivity contribution in [2.45, 2.75) is 37.8 Å². The maximum absolute atomic E-state index is 6.06. The number of para-hydroxylation sites is 2. The number of nitrogen functional groups attached to an aromatic ring is 1. The molecule has 5 nitrogen and oxygen atoms in total. The first kappa shape index (κ1) is 12.8. The second kappa shape index (κ2) is 5.15. The highest BCUT2D eigenvalue weighted by molar-refractivity contribution is 5.79. The highest BCUT2D eigenvalue weighted by Crippen LogP contribution is 2.29. The van der Waals surface area contributed by atoms with Crippen LogP contribution >= 0.6 is 0 Å². The lowest BCUT2D eigenvalue weighted by Crippen LogP contribution is -2.43. The van der Waals surface area contributed by atoms with E-state index in [-0.39, 0.29) is 0 Å². The minimum atomic E-state index is 0.460. The fraction of sp³-hybridized carbons (Fsp3) is 0.500. The summed E-state index contributed by atoms with van der Waals surface area (Å²) in [7, 11) is 0. The van der Waals surface area contributed by atoms with E-state index in [9.17, 15) is 0 Å². The zero-order valence-electron chi connectivity index (χ0n) is 12.1. The summed E-state index contributed by atoms with van der Waals surface area (Å²) in [6.45, 7) is 2.46. The number of nitrogens with zero attached hydrogens (tertiary/aromatic N) is 3. The van der Waals surface area contributed by atoms with Gasteiger partial charge in [-0.3, -0.25) is 0 Å². The number of aromatic nitrogens is 2. The Balaban J connectivity index is 1.55. The molecule has 2 fully saturated rings. The molecule has 0 saturated carbocycles. The van der Waals surface area contributed by atoms with E-state index in [1.165, 1.54) is 32.4 Å². The molecule has 110 valence electrons. The molecule has 2 aliphatic rings. The summed E-state index contributed by atoms with van der Waals surface area (Å²) in [6.07, 6.45) is 5.02. The predicted octanol–water partition coefficient (Wildman–Crippen LogP) is 2.25. The number of nitrogens with two attached hydrogens (primary N) is 1. The highest BCUT2D eigenvalue weighted by Gasteiger charge is 2.31. The van der Waals surface area contributed by atoms with Crippen molar-refractivity contribution in [1.29, 1.82) is 0 Å². The van der Waals surface area contributed by atoms with Gasteiger partial charge in [0.2, 0.25) is 0 Å². The van der Waals surface area contributed by atoms with Crippen LogP contribution in [0.25, 0.3) is 11.0 Å². The van der Waals surface area contributed by atoms with Gasteiger partial charge in [0.15, 0.2) is 11.6 Å². The van der Waals surface area contributed by atoms with E-state index < -0.39 is 0 Å². The van der Waals surface area contributed by atoms with E-state index in [0.717, 1.165) is 29.3 Å². The first-order chi connectivity index (χ1) is 10.3. The second-order valence-corrected chi connectivity index (χ2v) is 6.14. The lowest BCUT2D eigenvalue weighted by atomic mass is 9.97. The Hall–Kier alpha value is -1.88. The largest absolute Gasteiger partial charge is 0.381 e. The summed E-state index contributed by atoms with van der Waals surface area (Å²) in [5.74, 6) is 1.24. The molecular weight excluding hydrogens is 262 g/mol. The molecular formula is C16H21N5. The smallest absolute Gasteiger partial charge is 0.169 e. The number of benzene rings is 1. The summed E-state index contributed by atoms with van der Waals surface area (Å²) < 4.78 is 0. The molecule has 2 saturated heterocycles. The molecule has 2 atom stereocenters. The van der Waals surface area contributed by atoms with E-state index in [1.807, 2.05) is 24.3 Å². The van der Waals surface area contributed by atoms with Gasteiger partial charge in [-0.1, -0.05) is 12.1 Å². The van der Waals surface area contributed by atoms with Crippen LogP contribution in [0.15, 0.2) is 24.3 Å². The summed E-state index contributed by atoms with van der Waals surface area (Å²) in [5.41, 5.74) is 7.81. The molecule has 21 heavy (non-hydrogen) atoms. The molecule has 0 spiro atoms. The van der Waals surface area contributed by atoms with Crippen molar-refractivity contribution >= 4 is 22.7 Å². The molecule has 0 aliphatic carbocycles. The van der Waals surface area contributed by atoms with Crippen molar-refractivity contribution in [3.05, 3.63) is 24.3 Å². The van der Waals surface area contributed by atoms with Gasteiger partial charge in [0.05, 0.1) is 11.0 Å². The fourth-order valence-corrected chi connectivity index (χ4v) is 3.67. The molecule has 2 aromatic rings. The Morgan fingerprint density at radius 3 is 2.76 bits per heavy atom. The second-order valence-electron chi connectivity index (χ2n) is 6.14. The van der Waals surface area contributed by atoms with Crippen molar-refractivity contribution in [2.24, 2.45) is 0 Å². The third-order valence-corrected chi connectivity index (χ3v) is 4.76. The van der Waals surface area contributed by atoms with Crippen LogP contribution in [0.1, 0.15) is 25.7 Å². The van der Waals surface area contributed by atoms with Gasteiger partial charge in [0, 0.05) is 18.6 Å². The Bertz CT molecular complexity index is 656. The van der Waals surface area contributed by atoms with E-state index in [2.05, 4.69) is 20.2 Å². The van der Waals surface area contributed by atoms with E-state index in [1.54, 1.807) is 0 Å². The van der Waals surface area contributed by atoms with Gasteiger partial charge in [-0.15, -0.1) is 0 Å². The number of anilines is 2. The molecule has 0 radical (unpaired) electrons. The number of hydrogen-bond acceptors (Lipinski definition) is 5. The summed E-state index contributed by atoms with van der Waals surface area (Å²) in [4.78, 5) is 11.7. The van der Waals surface area contributed by atoms with E-state index >= 15 is 0 Å². The van der Waals surface area contributed by atoms with E-state index in [0.29, 0.717) is 11.9 Å². The van der Waals surface area contributed by atoms with E-state index in [4.69, 9.17) is 5.73 Å². The van der Waals surface area contributed by atoms with Crippen LogP contribution in [0.2, 0.25) is 0 Å². The number of piperidine rings is 1. The summed E-state index contributed by atoms with van der Waals surface area (Å²) >= 11 is 0. The van der Waals surface area contributed by atoms with Crippen LogP contribution in [0.4, 0.5) is 11.6 Å². The molecule has 4 rings (SSSR count). The van der Waals surface area contributed by atoms with Gasteiger partial charge in [-0.2, -0.15) is 0 Å². The van der Waals surface area contributed by atoms with Gasteiger partial charge >= 0.3 is 0 Å². The molecule has 2 aliphatic heterocycles. The topological polar surface area (TPSA) is 67.1 Å². The molecule has 0 bridgehead atoms. The molecule has 3 heterocycles. The Morgan fingerprint density at radius 2 is 1.90 bits per heavy atom. The van der Waals surface area contributed by atoms with Gasteiger partial charge in [-0.25, -0.2) is 9.97 Å². The Labute approximate surface area is 124 Å². The zero-order chi connectivity index (χ0) is 14.2. The van der Waals surface area contributed by atoms with Crippen molar-refractivity contribution in [2.75, 3.05) is 24.1 Å². The lowest BCUT2D eigenvalue weighted by Gasteiger charge is -2.35. The molecule has 1 aromatic carbocycles. The average Bonchev–Trinajstić information content (AvgIpc) is 2.95. The van der Waals surface area contributed by atoms with Gasteiger partial charge in [0.1, 0.15) is 0 Å². The van der Waals surface area contributed by atoms with Crippen LogP contribution in [0, 0.1) is 0 Å². The molecule has 0 amide bonds. The van der Waals surface area contributed by atoms with Crippen molar-refractivity contribution in [1.82, 2.24) is 14.9 Å². The van der Waals surface area contributed by atoms with Crippen LogP contribution in [-0.2, 0) is 0 Å². The predicted molar refractivity (Wildman–Crippen MR) is 85.2 cm³/mol. The van der Waals surface area contributed by atoms with Gasteiger partial charge in [0.25, 0.3) is 0 Å². The monoisotopic (exact) mass is 283 g/mol. The summed E-state index contributed by atoms with van der Waals surface area (Å²) in [6, 6.07) is 9.06. The number of fused-ring (bicyclic) bond motifs is 2. The maximum atomic E-state index is 6.06. The fourth-order valence-electron chi connectivity index (χ4n) is 3.67. The molecule has 2 unspecified atom stereocenters. The average molecular weight is 283 g/mol. The van der Waals surface area contributed by atoms with Crippen molar-refractivity contribution < 1.29 is 0 Å². The number of nitrogens with one attached hydrogen (secondary N) is 1.